The first-order valence-corrected chi connectivity index (χ1v) is 8.57. The highest BCUT2D eigenvalue weighted by atomic mass is 32.1. The monoisotopic (exact) mass is 359 g/mol. The Balaban J connectivity index is 1.50. The summed E-state index contributed by atoms with van der Waals surface area (Å²) < 4.78 is 12.3. The third-order valence-electron chi connectivity index (χ3n) is 3.41. The van der Waals surface area contributed by atoms with Crippen molar-refractivity contribution in [2.45, 2.75) is 26.1 Å². The van der Waals surface area contributed by atoms with E-state index in [1.54, 1.807) is 40.5 Å². The minimum Gasteiger partial charge on any atom is -0.452 e. The maximum Gasteiger partial charge on any atom is 0.375 e. The number of esters is 1. The van der Waals surface area contributed by atoms with E-state index in [1.165, 1.54) is 13.0 Å². The fourth-order valence-corrected chi connectivity index (χ4v) is 2.77. The highest BCUT2D eigenvalue weighted by Crippen LogP contribution is 2.12. The van der Waals surface area contributed by atoms with Crippen molar-refractivity contribution in [3.63, 3.8) is 0 Å². The molecular formula is C17H17N3O4S. The first-order valence-electron chi connectivity index (χ1n) is 7.69. The Morgan fingerprint density at radius 3 is 2.96 bits per heavy atom. The summed E-state index contributed by atoms with van der Waals surface area (Å²) in [5.74, 6) is -0.402. The van der Waals surface area contributed by atoms with Crippen molar-refractivity contribution in [1.29, 1.82) is 0 Å². The van der Waals surface area contributed by atoms with Crippen LogP contribution in [0.15, 0.2) is 52.5 Å². The van der Waals surface area contributed by atoms with Crippen LogP contribution in [0.25, 0.3) is 0 Å². The van der Waals surface area contributed by atoms with Crippen LogP contribution in [0.2, 0.25) is 0 Å². The van der Waals surface area contributed by atoms with E-state index in [0.717, 1.165) is 4.88 Å². The van der Waals surface area contributed by atoms with Crippen LogP contribution >= 0.6 is 11.3 Å². The van der Waals surface area contributed by atoms with Gasteiger partial charge >= 0.3 is 5.97 Å². The molecule has 0 radical (unpaired) electrons. The molecular weight excluding hydrogens is 342 g/mol. The van der Waals surface area contributed by atoms with Gasteiger partial charge in [0, 0.05) is 17.3 Å². The number of carbonyl (C=O) groups is 2. The third kappa shape index (κ3) is 4.57. The molecule has 130 valence electrons. The van der Waals surface area contributed by atoms with E-state index in [9.17, 15) is 9.59 Å². The second kappa shape index (κ2) is 7.80. The summed E-state index contributed by atoms with van der Waals surface area (Å²) >= 11 is 1.55. The van der Waals surface area contributed by atoms with Gasteiger partial charge in [-0.05, 0) is 36.6 Å². The average Bonchev–Trinajstić information content (AvgIpc) is 3.35. The Bertz CT molecular complexity index is 824. The summed E-state index contributed by atoms with van der Waals surface area (Å²) in [5.41, 5.74) is 0. The van der Waals surface area contributed by atoms with Crippen molar-refractivity contribution in [2.75, 3.05) is 0 Å². The van der Waals surface area contributed by atoms with Gasteiger partial charge in [0.2, 0.25) is 5.76 Å². The van der Waals surface area contributed by atoms with Gasteiger partial charge in [0.1, 0.15) is 5.76 Å². The lowest BCUT2D eigenvalue weighted by molar-refractivity contribution is -0.129. The molecule has 0 aliphatic rings. The van der Waals surface area contributed by atoms with Crippen LogP contribution in [0.3, 0.4) is 0 Å². The Hall–Kier alpha value is -2.87. The van der Waals surface area contributed by atoms with Gasteiger partial charge in [-0.15, -0.1) is 11.3 Å². The van der Waals surface area contributed by atoms with Crippen LogP contribution in [-0.4, -0.2) is 27.8 Å². The highest BCUT2D eigenvalue weighted by molar-refractivity contribution is 7.09. The van der Waals surface area contributed by atoms with Gasteiger partial charge in [-0.1, -0.05) is 6.07 Å². The van der Waals surface area contributed by atoms with Crippen LogP contribution < -0.4 is 5.32 Å². The van der Waals surface area contributed by atoms with E-state index < -0.39 is 12.1 Å². The quantitative estimate of drug-likeness (QED) is 0.655. The summed E-state index contributed by atoms with van der Waals surface area (Å²) in [6, 6.07) is 8.84. The van der Waals surface area contributed by atoms with Crippen LogP contribution in [0.5, 0.6) is 0 Å². The number of ether oxygens (including phenoxy) is 1. The molecule has 0 saturated heterocycles. The molecule has 1 amide bonds. The lowest BCUT2D eigenvalue weighted by atomic mass is 10.3. The number of hydrogen-bond donors (Lipinski definition) is 1. The predicted octanol–water partition coefficient (Wildman–Crippen LogP) is 2.45. The zero-order valence-electron chi connectivity index (χ0n) is 13.5. The number of carbonyl (C=O) groups excluding carboxylic acids is 2. The summed E-state index contributed by atoms with van der Waals surface area (Å²) in [7, 11) is 0. The minimum absolute atomic E-state index is 0.0556. The number of rotatable bonds is 7. The summed E-state index contributed by atoms with van der Waals surface area (Å²) in [5, 5.41) is 8.73. The van der Waals surface area contributed by atoms with E-state index in [-0.39, 0.29) is 11.7 Å². The number of hydrogen-bond acceptors (Lipinski definition) is 6. The van der Waals surface area contributed by atoms with Crippen molar-refractivity contribution >= 4 is 23.2 Å². The third-order valence-corrected chi connectivity index (χ3v) is 4.29. The number of nitrogens with one attached hydrogen (secondary N) is 1. The molecule has 0 bridgehead atoms. The largest absolute Gasteiger partial charge is 0.452 e. The Morgan fingerprint density at radius 1 is 1.36 bits per heavy atom. The van der Waals surface area contributed by atoms with E-state index >= 15 is 0 Å². The zero-order valence-corrected chi connectivity index (χ0v) is 14.4. The van der Waals surface area contributed by atoms with Crippen molar-refractivity contribution in [3.05, 3.63) is 64.5 Å². The Morgan fingerprint density at radius 2 is 2.24 bits per heavy atom. The van der Waals surface area contributed by atoms with E-state index in [4.69, 9.17) is 9.15 Å². The van der Waals surface area contributed by atoms with Crippen LogP contribution in [0, 0.1) is 0 Å². The average molecular weight is 359 g/mol. The standard InChI is InChI=1S/C17H17N3O4S/c1-12(16(21)18-10-14-4-2-9-25-14)23-17(22)15-6-5-13(24-15)11-20-8-3-7-19-20/h2-9,12H,10-11H2,1H3,(H,18,21). The molecule has 0 fully saturated rings. The van der Waals surface area contributed by atoms with Gasteiger partial charge in [0.25, 0.3) is 5.91 Å². The smallest absolute Gasteiger partial charge is 0.375 e. The normalized spacial score (nSPS) is 11.9. The summed E-state index contributed by atoms with van der Waals surface area (Å²) in [4.78, 5) is 25.1. The van der Waals surface area contributed by atoms with E-state index in [0.29, 0.717) is 18.8 Å². The van der Waals surface area contributed by atoms with Crippen LogP contribution in [0.4, 0.5) is 0 Å². The molecule has 3 rings (SSSR count). The molecule has 3 heterocycles. The first kappa shape index (κ1) is 17.0. The number of aromatic nitrogens is 2. The molecule has 25 heavy (non-hydrogen) atoms. The van der Waals surface area contributed by atoms with Crippen LogP contribution in [-0.2, 0) is 22.6 Å². The van der Waals surface area contributed by atoms with Crippen molar-refractivity contribution in [3.8, 4) is 0 Å². The number of nitrogens with zero attached hydrogens (tertiary/aromatic N) is 2. The highest BCUT2D eigenvalue weighted by Gasteiger charge is 2.21. The molecule has 8 heteroatoms. The molecule has 3 aromatic rings. The second-order valence-corrected chi connectivity index (χ2v) is 6.35. The lowest BCUT2D eigenvalue weighted by Crippen LogP contribution is -2.35. The van der Waals surface area contributed by atoms with E-state index in [1.807, 2.05) is 17.5 Å². The predicted molar refractivity (Wildman–Crippen MR) is 91.1 cm³/mol. The van der Waals surface area contributed by atoms with Gasteiger partial charge < -0.3 is 14.5 Å². The SMILES string of the molecule is CC(OC(=O)c1ccc(Cn2cccn2)o1)C(=O)NCc1cccs1. The van der Waals surface area contributed by atoms with Crippen molar-refractivity contribution in [2.24, 2.45) is 0 Å². The molecule has 0 spiro atoms. The van der Waals surface area contributed by atoms with Crippen molar-refractivity contribution < 1.29 is 18.7 Å². The molecule has 1 atom stereocenters. The molecule has 7 nitrogen and oxygen atoms in total. The summed E-state index contributed by atoms with van der Waals surface area (Å²) in [6.45, 7) is 2.35. The van der Waals surface area contributed by atoms with Gasteiger partial charge in [-0.25, -0.2) is 4.79 Å². The minimum atomic E-state index is -0.910. The molecule has 3 aromatic heterocycles. The molecule has 0 aliphatic carbocycles. The topological polar surface area (TPSA) is 86.4 Å². The molecule has 1 N–H and O–H groups in total. The number of furan rings is 1. The molecule has 0 saturated carbocycles. The summed E-state index contributed by atoms with van der Waals surface area (Å²) in [6.07, 6.45) is 2.54. The van der Waals surface area contributed by atoms with E-state index in [2.05, 4.69) is 10.4 Å². The number of thiophene rings is 1. The Labute approximate surface area is 148 Å². The Kier molecular flexibility index (Phi) is 5.30. The fourth-order valence-electron chi connectivity index (χ4n) is 2.13. The van der Waals surface area contributed by atoms with Crippen molar-refractivity contribution in [1.82, 2.24) is 15.1 Å². The zero-order chi connectivity index (χ0) is 17.6. The first-order chi connectivity index (χ1) is 12.1. The maximum atomic E-state index is 12.1. The second-order valence-electron chi connectivity index (χ2n) is 5.31. The fraction of sp³-hybridized carbons (Fsp3) is 0.235. The van der Waals surface area contributed by atoms with Crippen LogP contribution in [0.1, 0.15) is 28.1 Å². The maximum absolute atomic E-state index is 12.1. The number of amides is 1. The van der Waals surface area contributed by atoms with Gasteiger partial charge in [0.15, 0.2) is 6.10 Å². The lowest BCUT2D eigenvalue weighted by Gasteiger charge is -2.12. The van der Waals surface area contributed by atoms with Gasteiger partial charge in [-0.2, -0.15) is 5.10 Å². The van der Waals surface area contributed by atoms with Gasteiger partial charge in [0.05, 0.1) is 13.1 Å². The molecule has 0 aromatic carbocycles. The molecule has 0 aliphatic heterocycles. The molecule has 1 unspecified atom stereocenters. The van der Waals surface area contributed by atoms with Gasteiger partial charge in [-0.3, -0.25) is 9.48 Å².